The van der Waals surface area contributed by atoms with E-state index >= 15 is 0 Å². The number of ether oxygens (including phenoxy) is 2. The minimum absolute atomic E-state index is 0.0258. The van der Waals surface area contributed by atoms with Crippen LogP contribution < -0.4 is 10.6 Å². The molecule has 2 fully saturated rings. The lowest BCUT2D eigenvalue weighted by atomic mass is 9.88. The topological polar surface area (TPSA) is 108 Å². The van der Waals surface area contributed by atoms with Crippen molar-refractivity contribution >= 4 is 28.4 Å². The maximum absolute atomic E-state index is 13.8. The number of nitrogens with zero attached hydrogens (tertiary/aromatic N) is 5. The first kappa shape index (κ1) is 23.7. The number of hydrogen-bond donors (Lipinski definition) is 2. The van der Waals surface area contributed by atoms with Gasteiger partial charge in [-0.1, -0.05) is 0 Å². The summed E-state index contributed by atoms with van der Waals surface area (Å²) in [6.07, 6.45) is 5.75. The van der Waals surface area contributed by atoms with E-state index in [1.54, 1.807) is 20.4 Å². The lowest BCUT2D eigenvalue weighted by Crippen LogP contribution is -2.55. The van der Waals surface area contributed by atoms with Gasteiger partial charge in [0.2, 0.25) is 0 Å². The molecular formula is C25H27F2N7O3. The molecule has 2 N–H and O–H groups in total. The third kappa shape index (κ3) is 3.91. The van der Waals surface area contributed by atoms with Crippen LogP contribution in [0.5, 0.6) is 0 Å². The number of alkyl halides is 2. The SMILES string of the molecule is CNc1cc(-c2cn([C@@H]3CCOC[C@@H]3OC)c3ncccc23)nc2c(C(=O)N[C@H]3CCC3(F)F)cnn12. The molecule has 4 aromatic heterocycles. The van der Waals surface area contributed by atoms with Crippen molar-refractivity contribution < 1.29 is 23.0 Å². The molecule has 5 heterocycles. The Labute approximate surface area is 211 Å². The average Bonchev–Trinajstić information content (AvgIpc) is 3.52. The van der Waals surface area contributed by atoms with Gasteiger partial charge in [-0.15, -0.1) is 0 Å². The van der Waals surface area contributed by atoms with Crippen LogP contribution in [-0.2, 0) is 9.47 Å². The van der Waals surface area contributed by atoms with E-state index in [1.807, 2.05) is 24.4 Å². The Hall–Kier alpha value is -3.64. The molecule has 1 amide bonds. The fourth-order valence-electron chi connectivity index (χ4n) is 5.14. The zero-order valence-electron chi connectivity index (χ0n) is 20.4. The summed E-state index contributed by atoms with van der Waals surface area (Å²) in [6, 6.07) is 4.52. The molecule has 4 aromatic rings. The maximum Gasteiger partial charge on any atom is 0.267 e. The van der Waals surface area contributed by atoms with Crippen LogP contribution in [0.3, 0.4) is 0 Å². The van der Waals surface area contributed by atoms with Crippen molar-refractivity contribution in [2.45, 2.75) is 43.4 Å². The van der Waals surface area contributed by atoms with Crippen LogP contribution in [-0.4, -0.2) is 75.5 Å². The molecule has 10 nitrogen and oxygen atoms in total. The van der Waals surface area contributed by atoms with Crippen molar-refractivity contribution in [3.8, 4) is 11.3 Å². The highest BCUT2D eigenvalue weighted by Crippen LogP contribution is 2.38. The van der Waals surface area contributed by atoms with E-state index in [1.165, 1.54) is 10.7 Å². The number of carbonyl (C=O) groups is 1. The minimum Gasteiger partial charge on any atom is -0.379 e. The molecule has 1 aliphatic carbocycles. The summed E-state index contributed by atoms with van der Waals surface area (Å²) in [5.74, 6) is -2.93. The summed E-state index contributed by atoms with van der Waals surface area (Å²) < 4.78 is 42.5. The van der Waals surface area contributed by atoms with Gasteiger partial charge in [-0.05, 0) is 25.0 Å². The Kier molecular flexibility index (Phi) is 5.80. The second kappa shape index (κ2) is 9.03. The molecule has 0 unspecified atom stereocenters. The number of methoxy groups -OCH3 is 1. The first-order valence-electron chi connectivity index (χ1n) is 12.2. The van der Waals surface area contributed by atoms with Gasteiger partial charge >= 0.3 is 0 Å². The standard InChI is InChI=1S/C25H27F2N7O3/c1-28-21-10-17(31-23-15(11-30-34(21)23)24(35)32-20-5-7-25(20,26)27)16-12-33(22-14(16)4-3-8-29-22)18-6-9-37-13-19(18)36-2/h3-4,8,10-12,18-20,28H,5-7,9,13H2,1-2H3,(H,32,35)/t18-,19+,20+/m1/s1. The van der Waals surface area contributed by atoms with Crippen molar-refractivity contribution in [1.82, 2.24) is 29.5 Å². The van der Waals surface area contributed by atoms with Crippen LogP contribution in [0.15, 0.2) is 36.8 Å². The second-order valence-electron chi connectivity index (χ2n) is 9.43. The number of pyridine rings is 1. The van der Waals surface area contributed by atoms with Crippen molar-refractivity contribution in [3.05, 3.63) is 42.4 Å². The quantitative estimate of drug-likeness (QED) is 0.409. The molecule has 0 aromatic carbocycles. The summed E-state index contributed by atoms with van der Waals surface area (Å²) in [5, 5.41) is 10.7. The van der Waals surface area contributed by atoms with Crippen LogP contribution >= 0.6 is 0 Å². The molecular weight excluding hydrogens is 484 g/mol. The zero-order valence-corrected chi connectivity index (χ0v) is 20.4. The van der Waals surface area contributed by atoms with E-state index in [9.17, 15) is 13.6 Å². The third-order valence-corrected chi connectivity index (χ3v) is 7.35. The molecule has 1 saturated heterocycles. The average molecular weight is 512 g/mol. The van der Waals surface area contributed by atoms with Gasteiger partial charge in [0.05, 0.1) is 30.6 Å². The Morgan fingerprint density at radius 1 is 1.30 bits per heavy atom. The third-order valence-electron chi connectivity index (χ3n) is 7.35. The van der Waals surface area contributed by atoms with E-state index in [-0.39, 0.29) is 36.2 Å². The van der Waals surface area contributed by atoms with E-state index in [2.05, 4.69) is 25.3 Å². The van der Waals surface area contributed by atoms with Crippen LogP contribution in [0.1, 0.15) is 35.7 Å². The molecule has 194 valence electrons. The predicted octanol–water partition coefficient (Wildman–Crippen LogP) is 3.29. The number of aromatic nitrogens is 5. The Morgan fingerprint density at radius 2 is 2.16 bits per heavy atom. The fraction of sp³-hybridized carbons (Fsp3) is 0.440. The molecule has 37 heavy (non-hydrogen) atoms. The number of carbonyl (C=O) groups excluding carboxylic acids is 1. The van der Waals surface area contributed by atoms with Crippen molar-refractivity contribution in [2.75, 3.05) is 32.7 Å². The lowest BCUT2D eigenvalue weighted by molar-refractivity contribution is -0.102. The summed E-state index contributed by atoms with van der Waals surface area (Å²) in [4.78, 5) is 22.4. The van der Waals surface area contributed by atoms with Gasteiger partial charge in [0, 0.05) is 56.6 Å². The van der Waals surface area contributed by atoms with E-state index in [0.29, 0.717) is 24.7 Å². The smallest absolute Gasteiger partial charge is 0.267 e. The summed E-state index contributed by atoms with van der Waals surface area (Å²) in [5.41, 5.74) is 2.61. The van der Waals surface area contributed by atoms with Gasteiger partial charge in [-0.2, -0.15) is 9.61 Å². The second-order valence-corrected chi connectivity index (χ2v) is 9.43. The van der Waals surface area contributed by atoms with Crippen LogP contribution in [0.2, 0.25) is 0 Å². The molecule has 0 spiro atoms. The summed E-state index contributed by atoms with van der Waals surface area (Å²) in [7, 11) is 3.41. The number of nitrogens with one attached hydrogen (secondary N) is 2. The van der Waals surface area contributed by atoms with Gasteiger partial charge in [-0.25, -0.2) is 18.7 Å². The first-order valence-corrected chi connectivity index (χ1v) is 12.2. The normalized spacial score (nSPS) is 23.2. The number of hydrogen-bond acceptors (Lipinski definition) is 7. The molecule has 2 aliphatic rings. The number of amides is 1. The van der Waals surface area contributed by atoms with Gasteiger partial charge in [0.1, 0.15) is 23.1 Å². The number of anilines is 1. The highest BCUT2D eigenvalue weighted by atomic mass is 19.3. The highest BCUT2D eigenvalue weighted by molar-refractivity contribution is 6.01. The number of halogens is 2. The van der Waals surface area contributed by atoms with E-state index < -0.39 is 17.9 Å². The van der Waals surface area contributed by atoms with Crippen molar-refractivity contribution in [2.24, 2.45) is 0 Å². The molecule has 0 bridgehead atoms. The number of fused-ring (bicyclic) bond motifs is 2. The van der Waals surface area contributed by atoms with Crippen LogP contribution in [0.25, 0.3) is 27.9 Å². The van der Waals surface area contributed by atoms with Gasteiger partial charge in [0.25, 0.3) is 11.8 Å². The molecule has 1 saturated carbocycles. The minimum atomic E-state index is -2.90. The summed E-state index contributed by atoms with van der Waals surface area (Å²) in [6.45, 7) is 1.11. The molecule has 1 aliphatic heterocycles. The highest BCUT2D eigenvalue weighted by Gasteiger charge is 2.49. The van der Waals surface area contributed by atoms with E-state index in [0.717, 1.165) is 23.0 Å². The van der Waals surface area contributed by atoms with Gasteiger partial charge in [-0.3, -0.25) is 4.79 Å². The molecule has 3 atom stereocenters. The van der Waals surface area contributed by atoms with Crippen molar-refractivity contribution in [3.63, 3.8) is 0 Å². The van der Waals surface area contributed by atoms with Crippen molar-refractivity contribution in [1.29, 1.82) is 0 Å². The fourth-order valence-corrected chi connectivity index (χ4v) is 5.14. The zero-order chi connectivity index (χ0) is 25.7. The molecule has 6 rings (SSSR count). The Bertz CT molecular complexity index is 1480. The lowest BCUT2D eigenvalue weighted by Gasteiger charge is -2.36. The van der Waals surface area contributed by atoms with Gasteiger partial charge < -0.3 is 24.7 Å². The first-order chi connectivity index (χ1) is 17.9. The Morgan fingerprint density at radius 3 is 2.89 bits per heavy atom. The molecule has 0 radical (unpaired) electrons. The van der Waals surface area contributed by atoms with Crippen LogP contribution in [0.4, 0.5) is 14.6 Å². The predicted molar refractivity (Wildman–Crippen MR) is 132 cm³/mol. The number of rotatable bonds is 6. The monoisotopic (exact) mass is 511 g/mol. The van der Waals surface area contributed by atoms with Crippen LogP contribution in [0, 0.1) is 0 Å². The molecule has 12 heteroatoms. The van der Waals surface area contributed by atoms with Gasteiger partial charge in [0.15, 0.2) is 5.65 Å². The largest absolute Gasteiger partial charge is 0.379 e. The maximum atomic E-state index is 13.8. The summed E-state index contributed by atoms with van der Waals surface area (Å²) >= 11 is 0. The van der Waals surface area contributed by atoms with E-state index in [4.69, 9.17) is 14.5 Å². The Balaban J connectivity index is 1.46.